The van der Waals surface area contributed by atoms with Crippen LogP contribution < -0.4 is 10.9 Å². The van der Waals surface area contributed by atoms with Gasteiger partial charge in [-0.1, -0.05) is 6.07 Å². The van der Waals surface area contributed by atoms with Crippen LogP contribution in [0.2, 0.25) is 0 Å². The highest BCUT2D eigenvalue weighted by molar-refractivity contribution is 7.80. The summed E-state index contributed by atoms with van der Waals surface area (Å²) in [6.07, 6.45) is 3.64. The molecule has 2 aliphatic rings. The van der Waals surface area contributed by atoms with E-state index in [9.17, 15) is 22.8 Å². The molecule has 0 saturated carbocycles. The Labute approximate surface area is 154 Å². The van der Waals surface area contributed by atoms with Gasteiger partial charge in [0.25, 0.3) is 5.91 Å². The summed E-state index contributed by atoms with van der Waals surface area (Å²) >= 11 is 0. The number of amides is 4. The average molecular weight is 399 g/mol. The van der Waals surface area contributed by atoms with E-state index in [2.05, 4.69) is 20.1 Å². The minimum atomic E-state index is -4.85. The number of fused-ring (bicyclic) bond motifs is 2. The van der Waals surface area contributed by atoms with Gasteiger partial charge in [0.2, 0.25) is 5.91 Å². The Morgan fingerprint density at radius 2 is 2.11 bits per heavy atom. The van der Waals surface area contributed by atoms with Crippen LogP contribution >= 0.6 is 0 Å². The number of nitrogens with one attached hydrogen (secondary N) is 2. The van der Waals surface area contributed by atoms with Crippen molar-refractivity contribution in [3.8, 4) is 0 Å². The monoisotopic (exact) mass is 399 g/mol. The molecule has 2 bridgehead atoms. The second kappa shape index (κ2) is 7.46. The van der Waals surface area contributed by atoms with Crippen molar-refractivity contribution in [3.05, 3.63) is 30.1 Å². The predicted octanol–water partition coefficient (Wildman–Crippen LogP) is -1.23. The lowest BCUT2D eigenvalue weighted by Crippen LogP contribution is -2.54. The van der Waals surface area contributed by atoms with Gasteiger partial charge >= 0.3 is 16.4 Å². The number of hydrogen-bond acceptors (Lipinski definition) is 7. The molecule has 0 unspecified atom stereocenters. The van der Waals surface area contributed by atoms with Gasteiger partial charge in [-0.3, -0.25) is 30.0 Å². The number of hydrogen-bond donors (Lipinski definition) is 3. The molecular weight excluding hydrogens is 382 g/mol. The fourth-order valence-corrected chi connectivity index (χ4v) is 3.44. The molecule has 0 aromatic carbocycles. The zero-order chi connectivity index (χ0) is 19.6. The first kappa shape index (κ1) is 19.0. The maximum absolute atomic E-state index is 12.3. The molecule has 0 spiro atoms. The van der Waals surface area contributed by atoms with Crippen molar-refractivity contribution in [2.45, 2.75) is 31.3 Å². The largest absolute Gasteiger partial charge is 0.418 e. The molecule has 2 aliphatic heterocycles. The van der Waals surface area contributed by atoms with Crippen molar-refractivity contribution in [3.63, 3.8) is 0 Å². The van der Waals surface area contributed by atoms with E-state index in [1.807, 2.05) is 0 Å². The molecule has 27 heavy (non-hydrogen) atoms. The molecule has 3 rings (SSSR count). The van der Waals surface area contributed by atoms with Crippen LogP contribution in [0.25, 0.3) is 0 Å². The summed E-state index contributed by atoms with van der Waals surface area (Å²) in [5, 5.41) is 0.545. The number of hydroxylamine groups is 2. The van der Waals surface area contributed by atoms with E-state index in [0.29, 0.717) is 17.0 Å². The normalized spacial score (nSPS) is 21.9. The first-order valence-electron chi connectivity index (χ1n) is 7.99. The number of carbonyl (C=O) groups excluding carboxylic acids is 3. The summed E-state index contributed by atoms with van der Waals surface area (Å²) in [4.78, 5) is 41.4. The fraction of sp³-hybridized carbons (Fsp3) is 0.429. The minimum Gasteiger partial charge on any atom is -0.309 e. The molecule has 2 fully saturated rings. The van der Waals surface area contributed by atoms with Crippen LogP contribution in [0, 0.1) is 0 Å². The van der Waals surface area contributed by atoms with E-state index in [4.69, 9.17) is 4.55 Å². The highest BCUT2D eigenvalue weighted by atomic mass is 32.3. The van der Waals surface area contributed by atoms with Crippen LogP contribution in [-0.2, 0) is 30.7 Å². The van der Waals surface area contributed by atoms with E-state index in [1.54, 1.807) is 18.3 Å². The molecule has 12 nitrogen and oxygen atoms in total. The number of hydrazine groups is 1. The molecule has 1 aromatic rings. The van der Waals surface area contributed by atoms with Crippen LogP contribution in [-0.4, -0.2) is 64.4 Å². The molecule has 2 atom stereocenters. The molecule has 146 valence electrons. The third-order valence-electron chi connectivity index (χ3n) is 4.21. The number of urea groups is 1. The van der Waals surface area contributed by atoms with E-state index >= 15 is 0 Å². The topological polar surface area (TPSA) is 158 Å². The van der Waals surface area contributed by atoms with Crippen LogP contribution in [0.5, 0.6) is 0 Å². The van der Waals surface area contributed by atoms with Gasteiger partial charge in [0.1, 0.15) is 6.04 Å². The zero-order valence-corrected chi connectivity index (χ0v) is 14.8. The molecule has 0 radical (unpaired) electrons. The molecule has 0 aliphatic carbocycles. The van der Waals surface area contributed by atoms with Gasteiger partial charge in [-0.25, -0.2) is 4.79 Å². The fourth-order valence-electron chi connectivity index (χ4n) is 3.05. The second-order valence-corrected chi connectivity index (χ2v) is 7.09. The standard InChI is InChI=1S/C14H17N5O7S/c20-12(6-9-2-1-5-15-7-9)16-17-13(21)11-4-3-10-8-18(11)14(22)19(10)26-27(23,24)25/h1-2,5,7,10-11H,3-4,6,8H2,(H,16,20)(H,17,21)(H,23,24,25)/t10-,11+/m1/s1. The Hall–Kier alpha value is -2.77. The third kappa shape index (κ3) is 4.50. The Morgan fingerprint density at radius 3 is 2.78 bits per heavy atom. The molecule has 13 heteroatoms. The SMILES string of the molecule is O=C(Cc1cccnc1)NNC(=O)[C@@H]1CC[C@@H]2CN1C(=O)N2OS(=O)(=O)O. The number of piperidine rings is 1. The van der Waals surface area contributed by atoms with E-state index in [-0.39, 0.29) is 19.4 Å². The van der Waals surface area contributed by atoms with E-state index in [0.717, 1.165) is 4.90 Å². The second-order valence-electron chi connectivity index (χ2n) is 6.09. The number of pyridine rings is 1. The highest BCUT2D eigenvalue weighted by Gasteiger charge is 2.49. The highest BCUT2D eigenvalue weighted by Crippen LogP contribution is 2.30. The zero-order valence-electron chi connectivity index (χ0n) is 13.9. The smallest absolute Gasteiger partial charge is 0.309 e. The lowest BCUT2D eigenvalue weighted by molar-refractivity contribution is -0.131. The first-order chi connectivity index (χ1) is 12.7. The van der Waals surface area contributed by atoms with Gasteiger partial charge in [-0.15, -0.1) is 4.28 Å². The van der Waals surface area contributed by atoms with Gasteiger partial charge in [0.15, 0.2) is 0 Å². The Bertz CT molecular complexity index is 847. The third-order valence-corrected chi connectivity index (χ3v) is 4.56. The summed E-state index contributed by atoms with van der Waals surface area (Å²) in [6.45, 7) is 0.0655. The van der Waals surface area contributed by atoms with Gasteiger partial charge in [-0.05, 0) is 24.5 Å². The Balaban J connectivity index is 1.55. The molecule has 3 N–H and O–H groups in total. The van der Waals surface area contributed by atoms with Gasteiger partial charge in [0, 0.05) is 18.9 Å². The van der Waals surface area contributed by atoms with Crippen molar-refractivity contribution in [1.82, 2.24) is 25.8 Å². The van der Waals surface area contributed by atoms with Crippen molar-refractivity contribution in [1.29, 1.82) is 0 Å². The molecule has 3 heterocycles. The quantitative estimate of drug-likeness (QED) is 0.410. The van der Waals surface area contributed by atoms with E-state index < -0.39 is 40.3 Å². The Morgan fingerprint density at radius 1 is 1.33 bits per heavy atom. The van der Waals surface area contributed by atoms with Gasteiger partial charge in [-0.2, -0.15) is 13.5 Å². The van der Waals surface area contributed by atoms with Crippen LogP contribution in [0.15, 0.2) is 24.5 Å². The lowest BCUT2D eigenvalue weighted by Gasteiger charge is -2.29. The first-order valence-corrected chi connectivity index (χ1v) is 9.35. The van der Waals surface area contributed by atoms with Crippen LogP contribution in [0.1, 0.15) is 18.4 Å². The lowest BCUT2D eigenvalue weighted by atomic mass is 10.0. The average Bonchev–Trinajstić information content (AvgIpc) is 2.84. The van der Waals surface area contributed by atoms with Gasteiger partial charge in [0.05, 0.1) is 12.5 Å². The summed E-state index contributed by atoms with van der Waals surface area (Å²) in [5.74, 6) is -1.08. The number of aromatic nitrogens is 1. The van der Waals surface area contributed by atoms with Crippen LogP contribution in [0.3, 0.4) is 0 Å². The summed E-state index contributed by atoms with van der Waals surface area (Å²) in [5.41, 5.74) is 5.19. The molecule has 1 aromatic heterocycles. The van der Waals surface area contributed by atoms with Crippen molar-refractivity contribution in [2.75, 3.05) is 6.54 Å². The molecule has 4 amide bonds. The maximum atomic E-state index is 12.3. The van der Waals surface area contributed by atoms with Crippen molar-refractivity contribution >= 4 is 28.2 Å². The van der Waals surface area contributed by atoms with Crippen molar-refractivity contribution in [2.24, 2.45) is 0 Å². The van der Waals surface area contributed by atoms with Crippen molar-refractivity contribution < 1.29 is 31.6 Å². The number of nitrogens with zero attached hydrogens (tertiary/aromatic N) is 3. The summed E-state index contributed by atoms with van der Waals surface area (Å²) < 4.78 is 34.8. The summed E-state index contributed by atoms with van der Waals surface area (Å²) in [7, 11) is -4.85. The van der Waals surface area contributed by atoms with E-state index in [1.165, 1.54) is 6.20 Å². The van der Waals surface area contributed by atoms with Crippen LogP contribution in [0.4, 0.5) is 4.79 Å². The number of carbonyl (C=O) groups is 3. The maximum Gasteiger partial charge on any atom is 0.418 e. The molecular formula is C14H17N5O7S. The Kier molecular flexibility index (Phi) is 5.25. The predicted molar refractivity (Wildman–Crippen MR) is 87.6 cm³/mol. The van der Waals surface area contributed by atoms with Gasteiger partial charge < -0.3 is 4.90 Å². The number of rotatable bonds is 5. The molecule has 2 saturated heterocycles. The minimum absolute atomic E-state index is 0.0134. The summed E-state index contributed by atoms with van der Waals surface area (Å²) in [6, 6.07) is 1.05.